The number of halogens is 1. The van der Waals surface area contributed by atoms with Gasteiger partial charge in [-0.3, -0.25) is 14.5 Å². The summed E-state index contributed by atoms with van der Waals surface area (Å²) in [6, 6.07) is 8.42. The highest BCUT2D eigenvalue weighted by atomic mass is 127. The van der Waals surface area contributed by atoms with E-state index in [1.54, 1.807) is 4.68 Å². The number of ether oxygens (including phenoxy) is 1. The molecule has 2 saturated heterocycles. The molecule has 31 heavy (non-hydrogen) atoms. The number of nitrogens with one attached hydrogen (secondary N) is 1. The predicted octanol–water partition coefficient (Wildman–Crippen LogP) is 2.31. The summed E-state index contributed by atoms with van der Waals surface area (Å²) in [6.45, 7) is 4.43. The molecule has 0 spiro atoms. The number of carbonyl (C=O) groups is 1. The second-order valence-electron chi connectivity index (χ2n) is 7.89. The molecule has 1 atom stereocenters. The van der Waals surface area contributed by atoms with Gasteiger partial charge in [0.05, 0.1) is 19.3 Å². The molecule has 1 N–H and O–H groups in total. The summed E-state index contributed by atoms with van der Waals surface area (Å²) in [5, 5.41) is 7.74. The molecular weight excluding hydrogens is 507 g/mol. The van der Waals surface area contributed by atoms with Gasteiger partial charge >= 0.3 is 0 Å². The fourth-order valence-corrected chi connectivity index (χ4v) is 4.09. The van der Waals surface area contributed by atoms with Gasteiger partial charge < -0.3 is 19.9 Å². The monoisotopic (exact) mass is 538 g/mol. The van der Waals surface area contributed by atoms with Crippen molar-refractivity contribution in [2.75, 3.05) is 33.3 Å². The molecule has 8 nitrogen and oxygen atoms in total. The highest BCUT2D eigenvalue weighted by molar-refractivity contribution is 14.0. The standard InChI is InChI=1S/C22H30N6O2.HI/c1-23-22(28-9-10-30-20(16-28)19-13-25-26(2)15-19)24-12-17-5-3-6-18(11-17)14-27-8-4-7-21(27)29;/h3,5-6,11,13,15,20H,4,7-10,12,14,16H2,1-2H3,(H,23,24);1H. The molecule has 9 heteroatoms. The normalized spacial score (nSPS) is 19.5. The van der Waals surface area contributed by atoms with Crippen LogP contribution in [-0.4, -0.2) is 64.7 Å². The van der Waals surface area contributed by atoms with Crippen LogP contribution in [0, 0.1) is 0 Å². The average Bonchev–Trinajstić information content (AvgIpc) is 3.37. The molecule has 1 amide bonds. The first kappa shape index (κ1) is 23.5. The minimum atomic E-state index is -0.00711. The summed E-state index contributed by atoms with van der Waals surface area (Å²) in [4.78, 5) is 20.5. The number of hydrogen-bond donors (Lipinski definition) is 1. The largest absolute Gasteiger partial charge is 0.370 e. The fraction of sp³-hybridized carbons (Fsp3) is 0.500. The molecule has 2 aromatic rings. The van der Waals surface area contributed by atoms with Gasteiger partial charge in [0.25, 0.3) is 0 Å². The van der Waals surface area contributed by atoms with E-state index in [9.17, 15) is 4.79 Å². The first-order chi connectivity index (χ1) is 14.6. The topological polar surface area (TPSA) is 75.0 Å². The van der Waals surface area contributed by atoms with Crippen LogP contribution in [0.25, 0.3) is 0 Å². The van der Waals surface area contributed by atoms with Crippen LogP contribution in [0.2, 0.25) is 0 Å². The molecule has 2 aliphatic rings. The number of nitrogens with zero attached hydrogens (tertiary/aromatic N) is 5. The van der Waals surface area contributed by atoms with Crippen molar-refractivity contribution in [3.63, 3.8) is 0 Å². The molecule has 0 bridgehead atoms. The van der Waals surface area contributed by atoms with Gasteiger partial charge in [-0.25, -0.2) is 0 Å². The van der Waals surface area contributed by atoms with E-state index >= 15 is 0 Å². The number of guanidine groups is 1. The summed E-state index contributed by atoms with van der Waals surface area (Å²) in [6.07, 6.45) is 5.50. The van der Waals surface area contributed by atoms with Crippen molar-refractivity contribution in [3.8, 4) is 0 Å². The summed E-state index contributed by atoms with van der Waals surface area (Å²) < 4.78 is 7.74. The van der Waals surface area contributed by atoms with Crippen molar-refractivity contribution in [2.45, 2.75) is 32.0 Å². The van der Waals surface area contributed by atoms with Gasteiger partial charge in [-0.1, -0.05) is 24.3 Å². The van der Waals surface area contributed by atoms with Gasteiger partial charge in [0.1, 0.15) is 6.10 Å². The quantitative estimate of drug-likeness (QED) is 0.360. The maximum absolute atomic E-state index is 11.9. The summed E-state index contributed by atoms with van der Waals surface area (Å²) in [5.74, 6) is 1.13. The van der Waals surface area contributed by atoms with Crippen LogP contribution in [0.3, 0.4) is 0 Å². The van der Waals surface area contributed by atoms with Crippen molar-refractivity contribution < 1.29 is 9.53 Å². The molecule has 2 aliphatic heterocycles. The van der Waals surface area contributed by atoms with Gasteiger partial charge in [0, 0.05) is 58.5 Å². The Morgan fingerprint density at radius 1 is 1.32 bits per heavy atom. The molecule has 1 unspecified atom stereocenters. The number of rotatable bonds is 5. The Morgan fingerprint density at radius 2 is 2.16 bits per heavy atom. The van der Waals surface area contributed by atoms with Crippen molar-refractivity contribution in [1.29, 1.82) is 0 Å². The van der Waals surface area contributed by atoms with Gasteiger partial charge in [-0.15, -0.1) is 24.0 Å². The number of likely N-dealkylation sites (tertiary alicyclic amines) is 1. The van der Waals surface area contributed by atoms with E-state index in [0.717, 1.165) is 37.6 Å². The number of amides is 1. The van der Waals surface area contributed by atoms with Crippen LogP contribution < -0.4 is 5.32 Å². The van der Waals surface area contributed by atoms with Crippen molar-refractivity contribution >= 4 is 35.8 Å². The van der Waals surface area contributed by atoms with Crippen molar-refractivity contribution in [2.24, 2.45) is 12.0 Å². The van der Waals surface area contributed by atoms with Crippen molar-refractivity contribution in [3.05, 3.63) is 53.3 Å². The SMILES string of the molecule is CN=C(NCc1cccc(CN2CCCC2=O)c1)N1CCOC(c2cnn(C)c2)C1.I. The molecular formula is C22H31IN6O2. The van der Waals surface area contributed by atoms with E-state index in [-0.39, 0.29) is 36.0 Å². The van der Waals surface area contributed by atoms with Crippen LogP contribution in [0.4, 0.5) is 0 Å². The number of aliphatic imine (C=N–C) groups is 1. The van der Waals surface area contributed by atoms with Crippen LogP contribution in [0.1, 0.15) is 35.6 Å². The van der Waals surface area contributed by atoms with Crippen molar-refractivity contribution in [1.82, 2.24) is 24.9 Å². The third-order valence-corrected chi connectivity index (χ3v) is 5.66. The minimum Gasteiger partial charge on any atom is -0.370 e. The Hall–Kier alpha value is -2.14. The van der Waals surface area contributed by atoms with Gasteiger partial charge in [0.2, 0.25) is 5.91 Å². The van der Waals surface area contributed by atoms with E-state index in [0.29, 0.717) is 26.1 Å². The smallest absolute Gasteiger partial charge is 0.222 e. The van der Waals surface area contributed by atoms with Gasteiger partial charge in [-0.2, -0.15) is 5.10 Å². The van der Waals surface area contributed by atoms with E-state index in [1.165, 1.54) is 11.1 Å². The second-order valence-corrected chi connectivity index (χ2v) is 7.89. The first-order valence-corrected chi connectivity index (χ1v) is 10.5. The third-order valence-electron chi connectivity index (χ3n) is 5.66. The lowest BCUT2D eigenvalue weighted by molar-refractivity contribution is -0.128. The second kappa shape index (κ2) is 10.9. The lowest BCUT2D eigenvalue weighted by Gasteiger charge is -2.34. The summed E-state index contributed by atoms with van der Waals surface area (Å²) >= 11 is 0. The highest BCUT2D eigenvalue weighted by Gasteiger charge is 2.25. The molecule has 1 aromatic heterocycles. The molecule has 0 aliphatic carbocycles. The fourth-order valence-electron chi connectivity index (χ4n) is 4.09. The average molecular weight is 538 g/mol. The molecule has 4 rings (SSSR count). The summed E-state index contributed by atoms with van der Waals surface area (Å²) in [5.41, 5.74) is 3.43. The van der Waals surface area contributed by atoms with Crippen LogP contribution in [-0.2, 0) is 29.7 Å². The van der Waals surface area contributed by atoms with E-state index in [1.807, 2.05) is 31.4 Å². The van der Waals surface area contributed by atoms with Gasteiger partial charge in [-0.05, 0) is 17.5 Å². The minimum absolute atomic E-state index is 0. The Morgan fingerprint density at radius 3 is 2.87 bits per heavy atom. The zero-order chi connectivity index (χ0) is 20.9. The Labute approximate surface area is 200 Å². The first-order valence-electron chi connectivity index (χ1n) is 10.5. The van der Waals surface area contributed by atoms with Crippen LogP contribution >= 0.6 is 24.0 Å². The highest BCUT2D eigenvalue weighted by Crippen LogP contribution is 2.21. The molecule has 168 valence electrons. The zero-order valence-corrected chi connectivity index (χ0v) is 20.5. The lowest BCUT2D eigenvalue weighted by atomic mass is 10.1. The lowest BCUT2D eigenvalue weighted by Crippen LogP contribution is -2.47. The Balaban J connectivity index is 0.00000272. The molecule has 3 heterocycles. The Kier molecular flexibility index (Phi) is 8.30. The molecule has 0 saturated carbocycles. The maximum Gasteiger partial charge on any atom is 0.222 e. The maximum atomic E-state index is 11.9. The number of hydrogen-bond acceptors (Lipinski definition) is 4. The molecule has 2 fully saturated rings. The van der Waals surface area contributed by atoms with Crippen LogP contribution in [0.5, 0.6) is 0 Å². The number of morpholine rings is 1. The summed E-state index contributed by atoms with van der Waals surface area (Å²) in [7, 11) is 3.73. The van der Waals surface area contributed by atoms with Gasteiger partial charge in [0.15, 0.2) is 5.96 Å². The Bertz CT molecular complexity index is 915. The zero-order valence-electron chi connectivity index (χ0n) is 18.2. The molecule has 0 radical (unpaired) electrons. The van der Waals surface area contributed by atoms with E-state index in [2.05, 4.69) is 44.6 Å². The van der Waals surface area contributed by atoms with E-state index in [4.69, 9.17) is 4.74 Å². The van der Waals surface area contributed by atoms with E-state index < -0.39 is 0 Å². The predicted molar refractivity (Wildman–Crippen MR) is 130 cm³/mol. The number of carbonyl (C=O) groups excluding carboxylic acids is 1. The number of benzene rings is 1. The molecule has 1 aromatic carbocycles. The number of aromatic nitrogens is 2. The third kappa shape index (κ3) is 5.97. The van der Waals surface area contributed by atoms with Crippen LogP contribution in [0.15, 0.2) is 41.7 Å². The number of aryl methyl sites for hydroxylation is 1.